The van der Waals surface area contributed by atoms with Crippen molar-refractivity contribution in [2.24, 2.45) is 5.92 Å². The van der Waals surface area contributed by atoms with Gasteiger partial charge in [-0.25, -0.2) is 4.90 Å². The van der Waals surface area contributed by atoms with Gasteiger partial charge in [-0.1, -0.05) is 41.3 Å². The number of anilines is 2. The Morgan fingerprint density at radius 1 is 1.02 bits per heavy atom. The van der Waals surface area contributed by atoms with Crippen LogP contribution in [-0.2, 0) is 31.8 Å². The lowest BCUT2D eigenvalue weighted by Crippen LogP contribution is -2.43. The molecule has 0 bridgehead atoms. The average molecular weight is 633 g/mol. The molecule has 2 fully saturated rings. The number of fused-ring (bicyclic) bond motifs is 2. The molecule has 4 heterocycles. The first-order chi connectivity index (χ1) is 20.5. The second kappa shape index (κ2) is 11.1. The highest BCUT2D eigenvalue weighted by Crippen LogP contribution is 2.54. The Balaban J connectivity index is 1.43. The number of nitrogens with zero attached hydrogens (tertiary/aromatic N) is 4. The van der Waals surface area contributed by atoms with Crippen molar-refractivity contribution in [3.8, 4) is 0 Å². The minimum Gasteiger partial charge on any atom is -0.378 e. The second-order valence-electron chi connectivity index (χ2n) is 10.7. The summed E-state index contributed by atoms with van der Waals surface area (Å²) in [6, 6.07) is 11.5. The van der Waals surface area contributed by atoms with Gasteiger partial charge in [0.05, 0.1) is 35.4 Å². The number of carbonyl (C=O) groups is 3. The van der Waals surface area contributed by atoms with Gasteiger partial charge in [0, 0.05) is 43.7 Å². The Hall–Kier alpha value is -3.62. The van der Waals surface area contributed by atoms with E-state index in [1.165, 1.54) is 10.6 Å². The fourth-order valence-electron chi connectivity index (χ4n) is 5.72. The number of thioether (sulfide) groups is 1. The minimum atomic E-state index is -4.66. The van der Waals surface area contributed by atoms with Crippen molar-refractivity contribution in [1.29, 1.82) is 0 Å². The van der Waals surface area contributed by atoms with Crippen LogP contribution in [-0.4, -0.2) is 72.8 Å². The van der Waals surface area contributed by atoms with Crippen LogP contribution in [0.25, 0.3) is 0 Å². The zero-order valence-electron chi connectivity index (χ0n) is 23.2. The average Bonchev–Trinajstić information content (AvgIpc) is 3.43. The maximum absolute atomic E-state index is 14.0. The third kappa shape index (κ3) is 5.25. The van der Waals surface area contributed by atoms with Gasteiger partial charge < -0.3 is 14.5 Å². The van der Waals surface area contributed by atoms with Gasteiger partial charge in [0.1, 0.15) is 11.8 Å². The van der Waals surface area contributed by atoms with E-state index in [0.717, 1.165) is 51.9 Å². The maximum atomic E-state index is 14.0. The van der Waals surface area contributed by atoms with Gasteiger partial charge in [-0.15, -0.1) is 0 Å². The van der Waals surface area contributed by atoms with E-state index in [0.29, 0.717) is 41.8 Å². The molecule has 0 aliphatic carbocycles. The zero-order valence-corrected chi connectivity index (χ0v) is 24.8. The molecule has 3 aliphatic rings. The first kappa shape index (κ1) is 29.5. The fourth-order valence-corrected chi connectivity index (χ4v) is 8.49. The summed E-state index contributed by atoms with van der Waals surface area (Å²) < 4.78 is 47.2. The first-order valence-electron chi connectivity index (χ1n) is 13.5. The molecule has 2 aromatic carbocycles. The highest BCUT2D eigenvalue weighted by atomic mass is 32.2. The SMILES string of the molecule is CN(C)c1ccc(C2c3sc(=O)n(CC(=O)N4CCOCC4)c3SC3C(=O)N(c4cccc(C(F)(F)F)c4)C(=O)C32)cc1. The first-order valence-corrected chi connectivity index (χ1v) is 15.2. The molecular formula is C29H27F3N4O5S2. The van der Waals surface area contributed by atoms with Crippen molar-refractivity contribution >= 4 is 52.2 Å². The van der Waals surface area contributed by atoms with E-state index in [1.54, 1.807) is 4.90 Å². The Labute approximate surface area is 252 Å². The van der Waals surface area contributed by atoms with Gasteiger partial charge >= 0.3 is 11.0 Å². The molecule has 0 spiro atoms. The molecule has 3 unspecified atom stereocenters. The van der Waals surface area contributed by atoms with E-state index in [9.17, 15) is 32.3 Å². The van der Waals surface area contributed by atoms with Crippen molar-refractivity contribution in [2.75, 3.05) is 50.2 Å². The van der Waals surface area contributed by atoms with Crippen molar-refractivity contribution in [3.05, 3.63) is 74.2 Å². The number of morpholine rings is 1. The van der Waals surface area contributed by atoms with Crippen LogP contribution in [0.5, 0.6) is 0 Å². The number of amides is 3. The molecule has 9 nitrogen and oxygen atoms in total. The van der Waals surface area contributed by atoms with Crippen LogP contribution in [0.15, 0.2) is 58.4 Å². The Kier molecular flexibility index (Phi) is 7.63. The van der Waals surface area contributed by atoms with Crippen molar-refractivity contribution in [1.82, 2.24) is 9.47 Å². The number of carbonyl (C=O) groups excluding carboxylic acids is 3. The molecule has 2 saturated heterocycles. The summed E-state index contributed by atoms with van der Waals surface area (Å²) in [7, 11) is 3.76. The van der Waals surface area contributed by atoms with Crippen LogP contribution >= 0.6 is 23.1 Å². The Bertz CT molecular complexity index is 1650. The number of imide groups is 1. The monoisotopic (exact) mass is 632 g/mol. The van der Waals surface area contributed by atoms with Gasteiger partial charge in [-0.3, -0.25) is 23.7 Å². The molecule has 14 heteroatoms. The normalized spacial score (nSPS) is 22.0. The molecule has 3 aromatic rings. The molecule has 43 heavy (non-hydrogen) atoms. The maximum Gasteiger partial charge on any atom is 0.416 e. The lowest BCUT2D eigenvalue weighted by atomic mass is 9.83. The molecule has 1 aromatic heterocycles. The molecular weight excluding hydrogens is 605 g/mol. The van der Waals surface area contributed by atoms with Crippen LogP contribution < -0.4 is 14.7 Å². The van der Waals surface area contributed by atoms with Gasteiger partial charge in [0.2, 0.25) is 17.7 Å². The van der Waals surface area contributed by atoms with Gasteiger partial charge in [-0.05, 0) is 35.9 Å². The number of aromatic nitrogens is 1. The number of halogens is 3. The predicted octanol–water partition coefficient (Wildman–Crippen LogP) is 3.65. The van der Waals surface area contributed by atoms with Gasteiger partial charge in [-0.2, -0.15) is 13.2 Å². The number of alkyl halides is 3. The molecule has 0 radical (unpaired) electrons. The molecule has 3 amide bonds. The highest BCUT2D eigenvalue weighted by Gasteiger charge is 2.57. The number of thiazole rings is 1. The zero-order chi connectivity index (χ0) is 30.6. The van der Waals surface area contributed by atoms with E-state index in [1.807, 2.05) is 43.3 Å². The number of benzene rings is 2. The smallest absolute Gasteiger partial charge is 0.378 e. The number of hydrogen-bond donors (Lipinski definition) is 0. The summed E-state index contributed by atoms with van der Waals surface area (Å²) in [5.74, 6) is -3.25. The van der Waals surface area contributed by atoms with Crippen LogP contribution in [0.2, 0.25) is 0 Å². The second-order valence-corrected chi connectivity index (χ2v) is 12.8. The quantitative estimate of drug-likeness (QED) is 0.397. The Morgan fingerprint density at radius 2 is 1.72 bits per heavy atom. The molecule has 3 aliphatic heterocycles. The molecule has 0 N–H and O–H groups in total. The van der Waals surface area contributed by atoms with E-state index in [2.05, 4.69) is 0 Å². The van der Waals surface area contributed by atoms with Crippen LogP contribution in [0.3, 0.4) is 0 Å². The van der Waals surface area contributed by atoms with E-state index in [-0.39, 0.29) is 23.0 Å². The van der Waals surface area contributed by atoms with E-state index < -0.39 is 40.6 Å². The molecule has 226 valence electrons. The van der Waals surface area contributed by atoms with Crippen molar-refractivity contribution in [2.45, 2.75) is 28.9 Å². The predicted molar refractivity (Wildman–Crippen MR) is 156 cm³/mol. The number of ether oxygens (including phenoxy) is 1. The summed E-state index contributed by atoms with van der Waals surface area (Å²) in [4.78, 5) is 58.8. The van der Waals surface area contributed by atoms with E-state index in [4.69, 9.17) is 4.74 Å². The lowest BCUT2D eigenvalue weighted by Gasteiger charge is -2.31. The third-order valence-electron chi connectivity index (χ3n) is 7.91. The summed E-state index contributed by atoms with van der Waals surface area (Å²) in [5.41, 5.74) is 0.442. The fraction of sp³-hybridized carbons (Fsp3) is 0.379. The van der Waals surface area contributed by atoms with Crippen molar-refractivity contribution < 1.29 is 32.3 Å². The summed E-state index contributed by atoms with van der Waals surface area (Å²) in [5, 5.41) is -0.585. The summed E-state index contributed by atoms with van der Waals surface area (Å²) in [6.07, 6.45) is -4.66. The lowest BCUT2D eigenvalue weighted by molar-refractivity contribution is -0.138. The molecule has 6 rings (SSSR count). The summed E-state index contributed by atoms with van der Waals surface area (Å²) >= 11 is 1.95. The molecule has 3 atom stereocenters. The van der Waals surface area contributed by atoms with Crippen LogP contribution in [0.4, 0.5) is 24.5 Å². The topological polar surface area (TPSA) is 92.2 Å². The highest BCUT2D eigenvalue weighted by molar-refractivity contribution is 8.00. The van der Waals surface area contributed by atoms with Gasteiger partial charge in [0.25, 0.3) is 0 Å². The van der Waals surface area contributed by atoms with Crippen molar-refractivity contribution in [3.63, 3.8) is 0 Å². The summed E-state index contributed by atoms with van der Waals surface area (Å²) in [6.45, 7) is 1.36. The molecule has 0 saturated carbocycles. The van der Waals surface area contributed by atoms with Gasteiger partial charge in [0.15, 0.2) is 0 Å². The third-order valence-corrected chi connectivity index (χ3v) is 10.5. The minimum absolute atomic E-state index is 0.162. The largest absolute Gasteiger partial charge is 0.416 e. The number of hydrogen-bond acceptors (Lipinski definition) is 8. The number of rotatable bonds is 5. The standard InChI is InChI=1S/C29H27F3N4O5S2/c1-33(2)18-8-6-16(7-9-18)21-22-23(26(39)36(25(22)38)19-5-3-4-17(14-19)29(30,31)32)42-27-24(21)43-28(40)35(27)15-20(37)34-10-12-41-13-11-34/h3-9,14,21-23H,10-13,15H2,1-2H3. The van der Waals surface area contributed by atoms with E-state index >= 15 is 0 Å². The Morgan fingerprint density at radius 3 is 2.37 bits per heavy atom. The van der Waals surface area contributed by atoms with Crippen LogP contribution in [0, 0.1) is 5.92 Å². The van der Waals surface area contributed by atoms with Crippen LogP contribution in [0.1, 0.15) is 21.9 Å².